The maximum Gasteiger partial charge on any atom is 0.220 e. The van der Waals surface area contributed by atoms with Gasteiger partial charge in [-0.2, -0.15) is 0 Å². The van der Waals surface area contributed by atoms with Crippen LogP contribution in [0.15, 0.2) is 18.2 Å². The van der Waals surface area contributed by atoms with Crippen LogP contribution in [0, 0.1) is 12.7 Å². The number of carbonyl (C=O) groups is 1. The molecule has 2 nitrogen and oxygen atoms in total. The van der Waals surface area contributed by atoms with Crippen molar-refractivity contribution in [3.63, 3.8) is 0 Å². The number of carbonyl (C=O) groups excluding carboxylic acids is 1. The summed E-state index contributed by atoms with van der Waals surface area (Å²) in [6, 6.07) is 4.95. The zero-order valence-corrected chi connectivity index (χ0v) is 8.43. The molecule has 0 heterocycles. The van der Waals surface area contributed by atoms with E-state index in [9.17, 15) is 9.18 Å². The van der Waals surface area contributed by atoms with Crippen LogP contribution in [0.2, 0.25) is 0 Å². The lowest BCUT2D eigenvalue weighted by Crippen LogP contribution is -2.18. The lowest BCUT2D eigenvalue weighted by molar-refractivity contribution is -0.120. The Morgan fingerprint density at radius 3 is 2.86 bits per heavy atom. The largest absolute Gasteiger partial charge is 0.359 e. The van der Waals surface area contributed by atoms with E-state index in [0.29, 0.717) is 18.4 Å². The molecule has 1 rings (SSSR count). The van der Waals surface area contributed by atoms with Gasteiger partial charge >= 0.3 is 0 Å². The topological polar surface area (TPSA) is 29.1 Å². The van der Waals surface area contributed by atoms with Gasteiger partial charge in [-0.25, -0.2) is 4.39 Å². The summed E-state index contributed by atoms with van der Waals surface area (Å²) < 4.78 is 13.1. The Hall–Kier alpha value is -1.38. The lowest BCUT2D eigenvalue weighted by Gasteiger charge is -2.05. The highest BCUT2D eigenvalue weighted by Crippen LogP contribution is 2.13. The van der Waals surface area contributed by atoms with Crippen LogP contribution in [0.1, 0.15) is 17.5 Å². The van der Waals surface area contributed by atoms with Crippen LogP contribution >= 0.6 is 0 Å². The predicted molar refractivity (Wildman–Crippen MR) is 53.5 cm³/mol. The van der Waals surface area contributed by atoms with Gasteiger partial charge in [0.05, 0.1) is 0 Å². The second-order valence-corrected chi connectivity index (χ2v) is 3.20. The molecule has 76 valence electrons. The highest BCUT2D eigenvalue weighted by Gasteiger charge is 2.05. The lowest BCUT2D eigenvalue weighted by atomic mass is 10.0. The van der Waals surface area contributed by atoms with Crippen LogP contribution in [-0.2, 0) is 11.2 Å². The number of aryl methyl sites for hydroxylation is 1. The van der Waals surface area contributed by atoms with Gasteiger partial charge in [0, 0.05) is 13.5 Å². The molecule has 0 aliphatic carbocycles. The van der Waals surface area contributed by atoms with Gasteiger partial charge in [0.25, 0.3) is 0 Å². The Labute approximate surface area is 83.1 Å². The first-order valence-electron chi connectivity index (χ1n) is 4.59. The molecule has 0 radical (unpaired) electrons. The van der Waals surface area contributed by atoms with E-state index in [-0.39, 0.29) is 11.7 Å². The van der Waals surface area contributed by atoms with E-state index in [4.69, 9.17) is 0 Å². The van der Waals surface area contributed by atoms with Crippen LogP contribution in [-0.4, -0.2) is 13.0 Å². The molecule has 1 amide bonds. The number of rotatable bonds is 3. The third-order valence-electron chi connectivity index (χ3n) is 2.28. The highest BCUT2D eigenvalue weighted by atomic mass is 19.1. The first-order valence-corrected chi connectivity index (χ1v) is 4.59. The van der Waals surface area contributed by atoms with Crippen molar-refractivity contribution in [2.75, 3.05) is 7.05 Å². The fraction of sp³-hybridized carbons (Fsp3) is 0.364. The summed E-state index contributed by atoms with van der Waals surface area (Å²) >= 11 is 0. The van der Waals surface area contributed by atoms with Gasteiger partial charge in [0.2, 0.25) is 5.91 Å². The molecule has 0 fully saturated rings. The van der Waals surface area contributed by atoms with Gasteiger partial charge in [-0.1, -0.05) is 12.1 Å². The Bertz CT molecular complexity index is 336. The summed E-state index contributed by atoms with van der Waals surface area (Å²) in [5.74, 6) is -0.229. The van der Waals surface area contributed by atoms with E-state index >= 15 is 0 Å². The normalized spacial score (nSPS) is 9.93. The van der Waals surface area contributed by atoms with Gasteiger partial charge in [-0.3, -0.25) is 4.79 Å². The van der Waals surface area contributed by atoms with Crippen LogP contribution in [0.25, 0.3) is 0 Å². The van der Waals surface area contributed by atoms with E-state index in [1.807, 2.05) is 6.07 Å². The number of hydrogen-bond donors (Lipinski definition) is 1. The number of benzene rings is 1. The summed E-state index contributed by atoms with van der Waals surface area (Å²) in [4.78, 5) is 11.0. The predicted octanol–water partition coefficient (Wildman–Crippen LogP) is 1.81. The molecule has 1 aromatic carbocycles. The van der Waals surface area contributed by atoms with Crippen molar-refractivity contribution in [2.45, 2.75) is 19.8 Å². The fourth-order valence-electron chi connectivity index (χ4n) is 1.30. The zero-order valence-electron chi connectivity index (χ0n) is 8.43. The quantitative estimate of drug-likeness (QED) is 0.783. The monoisotopic (exact) mass is 195 g/mol. The second-order valence-electron chi connectivity index (χ2n) is 3.20. The molecule has 0 saturated heterocycles. The first kappa shape index (κ1) is 10.7. The second kappa shape index (κ2) is 4.74. The fourth-order valence-corrected chi connectivity index (χ4v) is 1.30. The smallest absolute Gasteiger partial charge is 0.220 e. The molecular weight excluding hydrogens is 181 g/mol. The molecule has 0 atom stereocenters. The maximum absolute atomic E-state index is 13.1. The van der Waals surface area contributed by atoms with Gasteiger partial charge in [0.15, 0.2) is 0 Å². The third-order valence-corrected chi connectivity index (χ3v) is 2.28. The van der Waals surface area contributed by atoms with Crippen molar-refractivity contribution in [2.24, 2.45) is 0 Å². The molecule has 0 aromatic heterocycles. The molecule has 0 aliphatic heterocycles. The van der Waals surface area contributed by atoms with Gasteiger partial charge in [-0.15, -0.1) is 0 Å². The Kier molecular flexibility index (Phi) is 3.63. The molecule has 0 saturated carbocycles. The minimum atomic E-state index is -0.209. The van der Waals surface area contributed by atoms with E-state index in [0.717, 1.165) is 5.56 Å². The van der Waals surface area contributed by atoms with Crippen molar-refractivity contribution < 1.29 is 9.18 Å². The zero-order chi connectivity index (χ0) is 10.6. The molecule has 0 unspecified atom stereocenters. The summed E-state index contributed by atoms with van der Waals surface area (Å²) in [6.07, 6.45) is 0.990. The van der Waals surface area contributed by atoms with Crippen LogP contribution < -0.4 is 5.32 Å². The summed E-state index contributed by atoms with van der Waals surface area (Å²) in [5, 5.41) is 2.54. The van der Waals surface area contributed by atoms with E-state index in [1.165, 1.54) is 6.07 Å². The molecule has 3 heteroatoms. The SMILES string of the molecule is CNC(=O)CCc1cccc(F)c1C. The molecular formula is C11H14FNO. The summed E-state index contributed by atoms with van der Waals surface area (Å²) in [7, 11) is 1.60. The van der Waals surface area contributed by atoms with Crippen molar-refractivity contribution in [3.05, 3.63) is 35.1 Å². The van der Waals surface area contributed by atoms with Crippen molar-refractivity contribution in [3.8, 4) is 0 Å². The standard InChI is InChI=1S/C11H14FNO/c1-8-9(4-3-5-10(8)12)6-7-11(14)13-2/h3-5H,6-7H2,1-2H3,(H,13,14). The Balaban J connectivity index is 2.68. The van der Waals surface area contributed by atoms with Crippen molar-refractivity contribution >= 4 is 5.91 Å². The molecule has 0 spiro atoms. The number of amides is 1. The first-order chi connectivity index (χ1) is 6.65. The van der Waals surface area contributed by atoms with Crippen molar-refractivity contribution in [1.82, 2.24) is 5.32 Å². The minimum Gasteiger partial charge on any atom is -0.359 e. The summed E-state index contributed by atoms with van der Waals surface area (Å²) in [6.45, 7) is 1.73. The van der Waals surface area contributed by atoms with Gasteiger partial charge in [0.1, 0.15) is 5.82 Å². The van der Waals surface area contributed by atoms with E-state index < -0.39 is 0 Å². The molecule has 14 heavy (non-hydrogen) atoms. The number of hydrogen-bond acceptors (Lipinski definition) is 1. The van der Waals surface area contributed by atoms with Crippen LogP contribution in [0.5, 0.6) is 0 Å². The number of halogens is 1. The third kappa shape index (κ3) is 2.55. The maximum atomic E-state index is 13.1. The van der Waals surface area contributed by atoms with E-state index in [1.54, 1.807) is 20.0 Å². The molecule has 1 aromatic rings. The Morgan fingerprint density at radius 2 is 2.21 bits per heavy atom. The minimum absolute atomic E-state index is 0.0198. The van der Waals surface area contributed by atoms with E-state index in [2.05, 4.69) is 5.32 Å². The van der Waals surface area contributed by atoms with Crippen molar-refractivity contribution in [1.29, 1.82) is 0 Å². The van der Waals surface area contributed by atoms with Crippen LogP contribution in [0.4, 0.5) is 4.39 Å². The highest BCUT2D eigenvalue weighted by molar-refractivity contribution is 5.75. The average Bonchev–Trinajstić information content (AvgIpc) is 2.20. The summed E-state index contributed by atoms with van der Waals surface area (Å²) in [5.41, 5.74) is 1.53. The number of nitrogens with one attached hydrogen (secondary N) is 1. The van der Waals surface area contributed by atoms with Crippen LogP contribution in [0.3, 0.4) is 0 Å². The molecule has 0 bridgehead atoms. The molecule has 1 N–H and O–H groups in total. The van der Waals surface area contributed by atoms with Gasteiger partial charge in [-0.05, 0) is 30.5 Å². The average molecular weight is 195 g/mol. The molecule has 0 aliphatic rings. The van der Waals surface area contributed by atoms with Gasteiger partial charge < -0.3 is 5.32 Å². The Morgan fingerprint density at radius 1 is 1.50 bits per heavy atom.